The van der Waals surface area contributed by atoms with E-state index in [1.54, 1.807) is 50.2 Å². The van der Waals surface area contributed by atoms with Crippen LogP contribution in [-0.4, -0.2) is 50.9 Å². The van der Waals surface area contributed by atoms with Gasteiger partial charge >= 0.3 is 5.97 Å². The molecule has 1 atom stereocenters. The molecule has 33 heavy (non-hydrogen) atoms. The van der Waals surface area contributed by atoms with Crippen LogP contribution in [0.5, 0.6) is 5.75 Å². The Hall–Kier alpha value is -2.91. The lowest BCUT2D eigenvalue weighted by Gasteiger charge is -2.18. The fraction of sp³-hybridized carbons (Fsp3) is 0.417. The van der Waals surface area contributed by atoms with Crippen LogP contribution in [0, 0.1) is 6.92 Å². The van der Waals surface area contributed by atoms with Gasteiger partial charge in [-0.1, -0.05) is 32.0 Å². The Kier molecular flexibility index (Phi) is 9.43. The molecule has 1 unspecified atom stereocenters. The molecule has 1 amide bonds. The van der Waals surface area contributed by atoms with Gasteiger partial charge in [0.05, 0.1) is 17.7 Å². The van der Waals surface area contributed by atoms with Gasteiger partial charge < -0.3 is 14.8 Å². The van der Waals surface area contributed by atoms with Crippen LogP contribution in [0.25, 0.3) is 0 Å². The lowest BCUT2D eigenvalue weighted by atomic mass is 10.1. The molecule has 0 saturated heterocycles. The first-order valence-electron chi connectivity index (χ1n) is 10.9. The van der Waals surface area contributed by atoms with E-state index in [-0.39, 0.29) is 11.3 Å². The summed E-state index contributed by atoms with van der Waals surface area (Å²) in [5.41, 5.74) is 2.25. The van der Waals surface area contributed by atoms with E-state index >= 15 is 0 Å². The molecule has 0 aliphatic heterocycles. The van der Waals surface area contributed by atoms with Gasteiger partial charge in [0.1, 0.15) is 5.75 Å². The minimum atomic E-state index is -3.52. The SMILES string of the molecule is CCN(CC)S(=O)(=O)c1ccc(CCC(=O)OC(C)C(=O)Nc2cc(C)ccc2OC)cc1. The van der Waals surface area contributed by atoms with E-state index in [9.17, 15) is 18.0 Å². The van der Waals surface area contributed by atoms with Crippen LogP contribution >= 0.6 is 0 Å². The molecule has 180 valence electrons. The van der Waals surface area contributed by atoms with E-state index in [2.05, 4.69) is 5.32 Å². The largest absolute Gasteiger partial charge is 0.495 e. The Balaban J connectivity index is 1.91. The van der Waals surface area contributed by atoms with Crippen LogP contribution in [-0.2, 0) is 30.8 Å². The number of esters is 1. The molecule has 9 heteroatoms. The van der Waals surface area contributed by atoms with Gasteiger partial charge in [-0.05, 0) is 55.7 Å². The molecule has 0 aliphatic rings. The molecular weight excluding hydrogens is 444 g/mol. The van der Waals surface area contributed by atoms with Crippen molar-refractivity contribution in [3.05, 3.63) is 53.6 Å². The van der Waals surface area contributed by atoms with Crippen LogP contribution in [0.2, 0.25) is 0 Å². The molecule has 0 fully saturated rings. The number of rotatable bonds is 11. The molecule has 8 nitrogen and oxygen atoms in total. The van der Waals surface area contributed by atoms with Gasteiger partial charge in [0.25, 0.3) is 5.91 Å². The Morgan fingerprint density at radius 3 is 2.27 bits per heavy atom. The van der Waals surface area contributed by atoms with Crippen molar-refractivity contribution in [3.63, 3.8) is 0 Å². The van der Waals surface area contributed by atoms with Crippen LogP contribution < -0.4 is 10.1 Å². The van der Waals surface area contributed by atoms with Crippen LogP contribution in [0.1, 0.15) is 38.3 Å². The molecule has 0 spiro atoms. The summed E-state index contributed by atoms with van der Waals surface area (Å²) in [6.07, 6.45) is -0.554. The van der Waals surface area contributed by atoms with E-state index in [4.69, 9.17) is 9.47 Å². The average molecular weight is 477 g/mol. The summed E-state index contributed by atoms with van der Waals surface area (Å²) in [6.45, 7) is 7.77. The summed E-state index contributed by atoms with van der Waals surface area (Å²) in [7, 11) is -2.01. The van der Waals surface area contributed by atoms with Gasteiger partial charge in [-0.15, -0.1) is 0 Å². The quantitative estimate of drug-likeness (QED) is 0.498. The summed E-state index contributed by atoms with van der Waals surface area (Å²) < 4.78 is 37.0. The zero-order valence-corrected chi connectivity index (χ0v) is 20.6. The van der Waals surface area contributed by atoms with Crippen LogP contribution in [0.3, 0.4) is 0 Å². The van der Waals surface area contributed by atoms with E-state index in [0.717, 1.165) is 11.1 Å². The smallest absolute Gasteiger partial charge is 0.306 e. The molecule has 0 aromatic heterocycles. The Bertz CT molecular complexity index is 1060. The topological polar surface area (TPSA) is 102 Å². The standard InChI is InChI=1S/C24H32N2O6S/c1-6-26(7-2)33(29,30)20-12-9-19(10-13-20)11-15-23(27)32-18(4)24(28)25-21-16-17(3)8-14-22(21)31-5/h8-10,12-14,16,18H,6-7,11,15H2,1-5H3,(H,25,28). The zero-order chi connectivity index (χ0) is 24.6. The van der Waals surface area contributed by atoms with Crippen molar-refractivity contribution in [2.24, 2.45) is 0 Å². The van der Waals surface area contributed by atoms with E-state index in [1.807, 2.05) is 13.0 Å². The van der Waals surface area contributed by atoms with Gasteiger partial charge in [0.15, 0.2) is 6.10 Å². The Morgan fingerprint density at radius 2 is 1.70 bits per heavy atom. The molecule has 2 aromatic carbocycles. The second-order valence-electron chi connectivity index (χ2n) is 7.56. The van der Waals surface area contributed by atoms with E-state index in [1.165, 1.54) is 18.3 Å². The first-order chi connectivity index (χ1) is 15.6. The number of carbonyl (C=O) groups excluding carboxylic acids is 2. The van der Waals surface area contributed by atoms with Crippen molar-refractivity contribution < 1.29 is 27.5 Å². The highest BCUT2D eigenvalue weighted by Crippen LogP contribution is 2.25. The maximum absolute atomic E-state index is 12.6. The molecule has 0 aliphatic carbocycles. The maximum Gasteiger partial charge on any atom is 0.306 e. The first kappa shape index (κ1) is 26.3. The van der Waals surface area contributed by atoms with Crippen molar-refractivity contribution in [1.82, 2.24) is 4.31 Å². The number of amides is 1. The lowest BCUT2D eigenvalue weighted by Crippen LogP contribution is -2.30. The highest BCUT2D eigenvalue weighted by atomic mass is 32.2. The molecular formula is C24H32N2O6S. The number of hydrogen-bond donors (Lipinski definition) is 1. The van der Waals surface area contributed by atoms with Crippen LogP contribution in [0.4, 0.5) is 5.69 Å². The molecule has 0 saturated carbocycles. The summed E-state index contributed by atoms with van der Waals surface area (Å²) in [4.78, 5) is 24.9. The number of anilines is 1. The first-order valence-corrected chi connectivity index (χ1v) is 12.3. The Labute approximate surface area is 195 Å². The van der Waals surface area contributed by atoms with Crippen molar-refractivity contribution >= 4 is 27.6 Å². The van der Waals surface area contributed by atoms with Gasteiger partial charge in [-0.25, -0.2) is 8.42 Å². The number of methoxy groups -OCH3 is 1. The predicted octanol–water partition coefficient (Wildman–Crippen LogP) is 3.54. The fourth-order valence-corrected chi connectivity index (χ4v) is 4.71. The van der Waals surface area contributed by atoms with E-state index in [0.29, 0.717) is 30.9 Å². The van der Waals surface area contributed by atoms with Gasteiger partial charge in [-0.3, -0.25) is 9.59 Å². The molecule has 0 heterocycles. The number of nitrogens with zero attached hydrogens (tertiary/aromatic N) is 1. The van der Waals surface area contributed by atoms with Crippen molar-refractivity contribution in [2.75, 3.05) is 25.5 Å². The number of hydrogen-bond acceptors (Lipinski definition) is 6. The monoisotopic (exact) mass is 476 g/mol. The molecule has 2 rings (SSSR count). The minimum Gasteiger partial charge on any atom is -0.495 e. The third kappa shape index (κ3) is 7.03. The summed E-state index contributed by atoms with van der Waals surface area (Å²) in [6, 6.07) is 11.8. The third-order valence-electron chi connectivity index (χ3n) is 5.17. The molecule has 0 radical (unpaired) electrons. The number of carbonyl (C=O) groups is 2. The molecule has 1 N–H and O–H groups in total. The number of nitrogens with one attached hydrogen (secondary N) is 1. The third-order valence-corrected chi connectivity index (χ3v) is 7.24. The predicted molar refractivity (Wildman–Crippen MR) is 127 cm³/mol. The fourth-order valence-electron chi connectivity index (χ4n) is 3.25. The highest BCUT2D eigenvalue weighted by molar-refractivity contribution is 7.89. The van der Waals surface area contributed by atoms with Crippen LogP contribution in [0.15, 0.2) is 47.4 Å². The highest BCUT2D eigenvalue weighted by Gasteiger charge is 2.22. The molecule has 0 bridgehead atoms. The van der Waals surface area contributed by atoms with Crippen molar-refractivity contribution in [1.29, 1.82) is 0 Å². The Morgan fingerprint density at radius 1 is 1.06 bits per heavy atom. The number of benzene rings is 2. The maximum atomic E-state index is 12.6. The number of aryl methyl sites for hydroxylation is 2. The normalized spacial score (nSPS) is 12.3. The second kappa shape index (κ2) is 11.8. The van der Waals surface area contributed by atoms with Gasteiger partial charge in [0.2, 0.25) is 10.0 Å². The second-order valence-corrected chi connectivity index (χ2v) is 9.50. The number of sulfonamides is 1. The minimum absolute atomic E-state index is 0.0630. The van der Waals surface area contributed by atoms with E-state index < -0.39 is 28.0 Å². The van der Waals surface area contributed by atoms with Crippen molar-refractivity contribution in [3.8, 4) is 5.75 Å². The summed E-state index contributed by atoms with van der Waals surface area (Å²) in [5.74, 6) is -0.467. The van der Waals surface area contributed by atoms with Crippen molar-refractivity contribution in [2.45, 2.75) is 51.5 Å². The summed E-state index contributed by atoms with van der Waals surface area (Å²) in [5, 5.41) is 2.72. The zero-order valence-electron chi connectivity index (χ0n) is 19.8. The van der Waals surface area contributed by atoms with Gasteiger partial charge in [-0.2, -0.15) is 4.31 Å². The average Bonchev–Trinajstić information content (AvgIpc) is 2.78. The number of ether oxygens (including phenoxy) is 2. The molecule has 2 aromatic rings. The van der Waals surface area contributed by atoms with Gasteiger partial charge in [0, 0.05) is 19.5 Å². The summed E-state index contributed by atoms with van der Waals surface area (Å²) >= 11 is 0. The lowest BCUT2D eigenvalue weighted by molar-refractivity contribution is -0.153.